The summed E-state index contributed by atoms with van der Waals surface area (Å²) in [5.74, 6) is -7.07. The molecule has 4 aliphatic rings. The number of hydrogen-bond donors (Lipinski definition) is 2. The molecule has 1 unspecified atom stereocenters. The second kappa shape index (κ2) is 25.2. The largest absolute Gasteiger partial charge is 0.460 e. The molecule has 2 saturated heterocycles. The van der Waals surface area contributed by atoms with E-state index in [0.29, 0.717) is 56.4 Å². The highest BCUT2D eigenvalue weighted by molar-refractivity contribution is 6.39. The molecule has 2 N–H and O–H groups in total. The molecule has 1 saturated carbocycles. The molecule has 3 fully saturated rings. The van der Waals surface area contributed by atoms with Crippen LogP contribution in [0.25, 0.3) is 0 Å². The second-order valence-electron chi connectivity index (χ2n) is 20.0. The molecule has 1 aliphatic carbocycles. The summed E-state index contributed by atoms with van der Waals surface area (Å²) in [5.41, 5.74) is 1.30. The summed E-state index contributed by atoms with van der Waals surface area (Å²) in [7, 11) is 4.70. The number of piperidine rings is 1. The summed E-state index contributed by atoms with van der Waals surface area (Å²) in [6.07, 6.45) is 13.6. The predicted octanol–water partition coefficient (Wildman–Crippen LogP) is 7.46. The molecular formula is C52H81NO12. The number of aliphatic hydroxyl groups is 2. The van der Waals surface area contributed by atoms with Crippen LogP contribution in [0.5, 0.6) is 0 Å². The molecule has 0 aromatic rings. The Kier molecular flexibility index (Phi) is 21.0. The Morgan fingerprint density at radius 2 is 1.57 bits per heavy atom. The van der Waals surface area contributed by atoms with E-state index >= 15 is 0 Å². The second-order valence-corrected chi connectivity index (χ2v) is 20.0. The van der Waals surface area contributed by atoms with Crippen LogP contribution in [0.1, 0.15) is 132 Å². The molecule has 3 heterocycles. The highest BCUT2D eigenvalue weighted by Gasteiger charge is 2.53. The third-order valence-electron chi connectivity index (χ3n) is 14.8. The van der Waals surface area contributed by atoms with E-state index in [1.54, 1.807) is 41.1 Å². The van der Waals surface area contributed by atoms with E-state index in [1.165, 1.54) is 12.0 Å². The van der Waals surface area contributed by atoms with Gasteiger partial charge in [0.25, 0.3) is 11.7 Å². The van der Waals surface area contributed by atoms with Crippen molar-refractivity contribution in [2.24, 2.45) is 41.4 Å². The zero-order valence-corrected chi connectivity index (χ0v) is 41.2. The molecule has 65 heavy (non-hydrogen) atoms. The number of methoxy groups -OCH3 is 3. The van der Waals surface area contributed by atoms with Crippen molar-refractivity contribution in [3.63, 3.8) is 0 Å². The van der Waals surface area contributed by atoms with Crippen molar-refractivity contribution >= 4 is 29.2 Å². The van der Waals surface area contributed by atoms with Gasteiger partial charge in [0, 0.05) is 58.5 Å². The Balaban J connectivity index is 1.70. The quantitative estimate of drug-likeness (QED) is 0.153. The number of allylic oxidation sites excluding steroid dienone is 6. The van der Waals surface area contributed by atoms with Crippen LogP contribution in [-0.4, -0.2) is 121 Å². The first-order chi connectivity index (χ1) is 30.7. The third kappa shape index (κ3) is 14.3. The van der Waals surface area contributed by atoms with Crippen molar-refractivity contribution in [3.05, 3.63) is 47.6 Å². The number of ether oxygens (including phenoxy) is 5. The Bertz CT molecular complexity index is 1750. The monoisotopic (exact) mass is 912 g/mol. The fraction of sp³-hybridized carbons (Fsp3) is 0.750. The van der Waals surface area contributed by atoms with Crippen molar-refractivity contribution in [3.8, 4) is 0 Å². The van der Waals surface area contributed by atoms with E-state index in [-0.39, 0.29) is 54.8 Å². The van der Waals surface area contributed by atoms with Gasteiger partial charge < -0.3 is 38.8 Å². The minimum atomic E-state index is -2.41. The lowest BCUT2D eigenvalue weighted by atomic mass is 9.76. The molecule has 13 heteroatoms. The minimum Gasteiger partial charge on any atom is -0.460 e. The topological polar surface area (TPSA) is 175 Å². The Morgan fingerprint density at radius 3 is 2.25 bits per heavy atom. The molecule has 2 bridgehead atoms. The number of hydrogen-bond acceptors (Lipinski definition) is 12. The smallest absolute Gasteiger partial charge is 0.329 e. The number of Topliss-reactive ketones (excluding diaryl/α,β-unsaturated/α-hetero) is 3. The number of amides is 1. The zero-order valence-electron chi connectivity index (χ0n) is 41.2. The van der Waals surface area contributed by atoms with Crippen molar-refractivity contribution in [1.82, 2.24) is 4.90 Å². The highest BCUT2D eigenvalue weighted by atomic mass is 16.6. The molecule has 0 radical (unpaired) electrons. The van der Waals surface area contributed by atoms with Gasteiger partial charge in [-0.25, -0.2) is 4.79 Å². The summed E-state index contributed by atoms with van der Waals surface area (Å²) in [5, 5.41) is 23.4. The van der Waals surface area contributed by atoms with Gasteiger partial charge in [-0.2, -0.15) is 0 Å². The van der Waals surface area contributed by atoms with Gasteiger partial charge in [0.1, 0.15) is 30.1 Å². The van der Waals surface area contributed by atoms with Gasteiger partial charge in [-0.3, -0.25) is 19.2 Å². The van der Waals surface area contributed by atoms with Crippen molar-refractivity contribution in [2.45, 2.75) is 181 Å². The normalized spacial score (nSPS) is 40.4. The minimum absolute atomic E-state index is 0.0304. The number of fused-ring (bicyclic) bond motifs is 3. The summed E-state index contributed by atoms with van der Waals surface area (Å²) < 4.78 is 29.7. The lowest BCUT2D eigenvalue weighted by Gasteiger charge is -2.42. The average molecular weight is 912 g/mol. The van der Waals surface area contributed by atoms with Crippen LogP contribution in [0.3, 0.4) is 0 Å². The van der Waals surface area contributed by atoms with E-state index in [0.717, 1.165) is 24.8 Å². The van der Waals surface area contributed by atoms with Gasteiger partial charge >= 0.3 is 5.97 Å². The molecule has 0 spiro atoms. The van der Waals surface area contributed by atoms with E-state index in [9.17, 15) is 34.2 Å². The lowest BCUT2D eigenvalue weighted by Crippen LogP contribution is -2.61. The summed E-state index contributed by atoms with van der Waals surface area (Å²) in [4.78, 5) is 71.9. The molecule has 366 valence electrons. The van der Waals surface area contributed by atoms with Gasteiger partial charge in [-0.05, 0) is 113 Å². The van der Waals surface area contributed by atoms with Gasteiger partial charge in [-0.15, -0.1) is 0 Å². The Labute approximate surface area is 388 Å². The van der Waals surface area contributed by atoms with E-state index in [2.05, 4.69) is 6.92 Å². The fourth-order valence-corrected chi connectivity index (χ4v) is 10.4. The maximum Gasteiger partial charge on any atom is 0.329 e. The maximum atomic E-state index is 14.4. The molecule has 3 aliphatic heterocycles. The van der Waals surface area contributed by atoms with Crippen LogP contribution in [0.15, 0.2) is 47.6 Å². The van der Waals surface area contributed by atoms with Crippen molar-refractivity contribution in [2.75, 3.05) is 27.9 Å². The predicted molar refractivity (Wildman–Crippen MR) is 248 cm³/mol. The van der Waals surface area contributed by atoms with Gasteiger partial charge in [0.2, 0.25) is 5.79 Å². The number of rotatable bonds is 6. The summed E-state index contributed by atoms with van der Waals surface area (Å²) >= 11 is 0. The molecule has 13 nitrogen and oxygen atoms in total. The number of esters is 1. The first-order valence-corrected chi connectivity index (χ1v) is 24.2. The molecule has 1 amide bonds. The third-order valence-corrected chi connectivity index (χ3v) is 14.8. The van der Waals surface area contributed by atoms with Gasteiger partial charge in [0.15, 0.2) is 5.78 Å². The standard InChI is InChI=1S/C52H81NO12/c1-31-17-13-12-14-18-32(2)44(62-10)29-40-23-21-38(8)52(60,65-40)49(57)50(58)53-24-16-15-19-41(53)51(59)64-45(35(5)27-39-22-20-33(3)43(28-39)61-9)30-42(54)34(4)26-37(7)47(56)48(63-11)46(55)36(6)25-31/h12-14,17-18,26,31,33-36,38-41,43-45,47-48,56,60H,15-16,19-25,27-30H2,1-11H3/b14-12+,17-13+,32-18+,37-26+/t31-,33+,34-,35-,36+,38-,39+,40+,41+,43-,44+,45+,47-,48+,52?/m1/s1. The highest BCUT2D eigenvalue weighted by Crippen LogP contribution is 2.38. The van der Waals surface area contributed by atoms with E-state index in [4.69, 9.17) is 23.7 Å². The first kappa shape index (κ1) is 54.3. The summed E-state index contributed by atoms with van der Waals surface area (Å²) in [6, 6.07) is -1.11. The SMILES string of the molecule is CO[C@H]1C[C@@H]2CC[C@@H](C)C(O)(O2)C(=O)C(=O)N2CCCC[C@H]2C(=O)O[C@H]([C@H](C)C[C@@H]2CC[C@H](C)[C@H](OC)C2)CC(=O)[C@H](C)/C=C(\C)[C@@H](O)[C@@H](OC)C(=O)[C@@H](C)C[C@H](C)/C=C/C=C/C=C/1C. The van der Waals surface area contributed by atoms with Gasteiger partial charge in [-0.1, -0.05) is 78.0 Å². The number of ketones is 3. The molecule has 4 rings (SSSR count). The number of carbonyl (C=O) groups is 5. The van der Waals surface area contributed by atoms with Crippen molar-refractivity contribution in [1.29, 1.82) is 0 Å². The maximum absolute atomic E-state index is 14.4. The fourth-order valence-electron chi connectivity index (χ4n) is 10.4. The first-order valence-electron chi connectivity index (χ1n) is 24.2. The van der Waals surface area contributed by atoms with Crippen LogP contribution >= 0.6 is 0 Å². The van der Waals surface area contributed by atoms with Crippen LogP contribution < -0.4 is 0 Å². The zero-order chi connectivity index (χ0) is 48.2. The Hall–Kier alpha value is -3.33. The number of aliphatic hydroxyl groups excluding tert-OH is 1. The molecule has 0 aromatic heterocycles. The molecular weight excluding hydrogens is 831 g/mol. The van der Waals surface area contributed by atoms with E-state index < -0.39 is 77.8 Å². The van der Waals surface area contributed by atoms with Crippen LogP contribution in [0.4, 0.5) is 0 Å². The van der Waals surface area contributed by atoms with Crippen molar-refractivity contribution < 1.29 is 57.9 Å². The number of nitrogens with zero attached hydrogens (tertiary/aromatic N) is 1. The molecule has 15 atom stereocenters. The van der Waals surface area contributed by atoms with Gasteiger partial charge in [0.05, 0.1) is 18.3 Å². The van der Waals surface area contributed by atoms with Crippen LogP contribution in [0.2, 0.25) is 0 Å². The number of carbonyl (C=O) groups excluding carboxylic acids is 5. The summed E-state index contributed by atoms with van der Waals surface area (Å²) in [6.45, 7) is 15.1. The van der Waals surface area contributed by atoms with E-state index in [1.807, 2.05) is 58.1 Å². The molecule has 0 aromatic carbocycles. The van der Waals surface area contributed by atoms with Crippen LogP contribution in [-0.2, 0) is 47.7 Å². The Morgan fingerprint density at radius 1 is 0.846 bits per heavy atom. The lowest BCUT2D eigenvalue weighted by molar-refractivity contribution is -0.265. The average Bonchev–Trinajstić information content (AvgIpc) is 3.28. The van der Waals surface area contributed by atoms with Crippen LogP contribution in [0, 0.1) is 41.4 Å². The number of cyclic esters (lactones) is 1.